The summed E-state index contributed by atoms with van der Waals surface area (Å²) in [6.45, 7) is 1.34. The Bertz CT molecular complexity index is 1170. The molecule has 0 aliphatic carbocycles. The van der Waals surface area contributed by atoms with Crippen molar-refractivity contribution in [2.24, 2.45) is 0 Å². The fourth-order valence-corrected chi connectivity index (χ4v) is 3.90. The van der Waals surface area contributed by atoms with E-state index in [9.17, 15) is 24.1 Å². The Morgan fingerprint density at radius 1 is 1.25 bits per heavy atom. The number of amides is 2. The number of hydrogen-bond acceptors (Lipinski definition) is 6. The highest BCUT2D eigenvalue weighted by Crippen LogP contribution is 2.22. The van der Waals surface area contributed by atoms with Gasteiger partial charge in [-0.05, 0) is 61.0 Å². The Balaban J connectivity index is 1.43. The molecule has 0 unspecified atom stereocenters. The fraction of sp³-hybridized carbons (Fsp3) is 0.350. The number of hydrogen-bond donors (Lipinski definition) is 5. The van der Waals surface area contributed by atoms with Crippen LogP contribution >= 0.6 is 0 Å². The molecule has 1 fully saturated rings. The molecular weight excluding hydrogens is 421 g/mol. The van der Waals surface area contributed by atoms with E-state index in [0.717, 1.165) is 22.5 Å². The van der Waals surface area contributed by atoms with Crippen LogP contribution in [0.2, 0.25) is 0 Å². The number of aromatic amines is 2. The molecule has 1 aliphatic heterocycles. The number of H-pyrrole nitrogens is 2. The van der Waals surface area contributed by atoms with Crippen LogP contribution in [0.3, 0.4) is 0 Å². The molecule has 1 aliphatic rings. The van der Waals surface area contributed by atoms with Crippen LogP contribution in [-0.4, -0.2) is 57.1 Å². The molecule has 32 heavy (non-hydrogen) atoms. The smallest absolute Gasteiger partial charge is 0.343 e. The summed E-state index contributed by atoms with van der Waals surface area (Å²) in [7, 11) is 0. The van der Waals surface area contributed by atoms with E-state index in [0.29, 0.717) is 38.9 Å². The van der Waals surface area contributed by atoms with Crippen molar-refractivity contribution in [2.75, 3.05) is 19.6 Å². The van der Waals surface area contributed by atoms with Gasteiger partial charge in [-0.15, -0.1) is 5.10 Å². The SMILES string of the molecule is O=C(NC1(C(=O)NCCc2c[nH]c3ccc(F)cc23)CCNCC1)c1cc([N+](=O)[O-])[nH]n1. The highest BCUT2D eigenvalue weighted by molar-refractivity contribution is 5.98. The molecule has 2 amide bonds. The minimum atomic E-state index is -1.16. The lowest BCUT2D eigenvalue weighted by molar-refractivity contribution is -0.389. The summed E-state index contributed by atoms with van der Waals surface area (Å²) >= 11 is 0. The van der Waals surface area contributed by atoms with Crippen LogP contribution in [0.4, 0.5) is 10.2 Å². The number of nitrogens with one attached hydrogen (secondary N) is 5. The van der Waals surface area contributed by atoms with Crippen molar-refractivity contribution in [3.8, 4) is 0 Å². The fourth-order valence-electron chi connectivity index (χ4n) is 3.90. The summed E-state index contributed by atoms with van der Waals surface area (Å²) in [5.41, 5.74) is 0.348. The topological polar surface area (TPSA) is 158 Å². The van der Waals surface area contributed by atoms with Gasteiger partial charge in [0.15, 0.2) is 5.69 Å². The van der Waals surface area contributed by atoms with Gasteiger partial charge in [-0.1, -0.05) is 5.10 Å². The van der Waals surface area contributed by atoms with E-state index < -0.39 is 22.2 Å². The van der Waals surface area contributed by atoms with Gasteiger partial charge < -0.3 is 31.0 Å². The van der Waals surface area contributed by atoms with E-state index in [4.69, 9.17) is 0 Å². The highest BCUT2D eigenvalue weighted by Gasteiger charge is 2.41. The van der Waals surface area contributed by atoms with Gasteiger partial charge in [0.2, 0.25) is 5.91 Å². The quantitative estimate of drug-likeness (QED) is 0.272. The first kappa shape index (κ1) is 21.4. The molecule has 168 valence electrons. The molecule has 0 saturated carbocycles. The van der Waals surface area contributed by atoms with E-state index >= 15 is 0 Å². The second kappa shape index (κ2) is 8.75. The first-order chi connectivity index (χ1) is 15.4. The molecule has 3 aromatic rings. The molecule has 0 radical (unpaired) electrons. The van der Waals surface area contributed by atoms with Gasteiger partial charge in [0.25, 0.3) is 5.91 Å². The lowest BCUT2D eigenvalue weighted by Crippen LogP contribution is -2.63. The average molecular weight is 443 g/mol. The Morgan fingerprint density at radius 2 is 2.03 bits per heavy atom. The van der Waals surface area contributed by atoms with E-state index in [1.54, 1.807) is 12.3 Å². The van der Waals surface area contributed by atoms with Crippen molar-refractivity contribution in [3.63, 3.8) is 0 Å². The molecule has 2 aromatic heterocycles. The molecular formula is C20H22FN7O4. The van der Waals surface area contributed by atoms with E-state index in [2.05, 4.69) is 31.1 Å². The summed E-state index contributed by atoms with van der Waals surface area (Å²) in [4.78, 5) is 38.9. The van der Waals surface area contributed by atoms with Crippen LogP contribution in [0.5, 0.6) is 0 Å². The maximum absolute atomic E-state index is 13.6. The van der Waals surface area contributed by atoms with Crippen molar-refractivity contribution >= 4 is 28.5 Å². The van der Waals surface area contributed by atoms with Gasteiger partial charge in [0, 0.05) is 23.6 Å². The predicted molar refractivity (Wildman–Crippen MR) is 113 cm³/mol. The van der Waals surface area contributed by atoms with Crippen molar-refractivity contribution in [2.45, 2.75) is 24.8 Å². The number of benzene rings is 1. The Hall–Kier alpha value is -3.80. The van der Waals surface area contributed by atoms with Crippen LogP contribution in [0.25, 0.3) is 10.9 Å². The van der Waals surface area contributed by atoms with Crippen molar-refractivity contribution in [1.29, 1.82) is 0 Å². The zero-order valence-electron chi connectivity index (χ0n) is 17.0. The minimum absolute atomic E-state index is 0.164. The van der Waals surface area contributed by atoms with Crippen LogP contribution < -0.4 is 16.0 Å². The van der Waals surface area contributed by atoms with Crippen LogP contribution in [-0.2, 0) is 11.2 Å². The van der Waals surface area contributed by atoms with Gasteiger partial charge in [-0.2, -0.15) is 0 Å². The molecule has 0 spiro atoms. The summed E-state index contributed by atoms with van der Waals surface area (Å²) in [6, 6.07) is 5.51. The number of carbonyl (C=O) groups excluding carboxylic acids is 2. The maximum Gasteiger partial charge on any atom is 0.343 e. The van der Waals surface area contributed by atoms with Crippen molar-refractivity contribution in [1.82, 2.24) is 31.1 Å². The van der Waals surface area contributed by atoms with E-state index in [1.807, 2.05) is 0 Å². The van der Waals surface area contributed by atoms with Crippen LogP contribution in [0.1, 0.15) is 28.9 Å². The molecule has 12 heteroatoms. The molecule has 11 nitrogen and oxygen atoms in total. The maximum atomic E-state index is 13.6. The Morgan fingerprint density at radius 3 is 2.75 bits per heavy atom. The lowest BCUT2D eigenvalue weighted by Gasteiger charge is -2.36. The molecule has 4 rings (SSSR count). The third kappa shape index (κ3) is 4.30. The van der Waals surface area contributed by atoms with Crippen molar-refractivity contribution in [3.05, 3.63) is 57.7 Å². The van der Waals surface area contributed by atoms with Gasteiger partial charge in [0.05, 0.1) is 6.07 Å². The first-order valence-electron chi connectivity index (χ1n) is 10.1. The second-order valence-electron chi connectivity index (χ2n) is 7.69. The summed E-state index contributed by atoms with van der Waals surface area (Å²) in [5, 5.41) is 26.2. The number of piperidine rings is 1. The highest BCUT2D eigenvalue weighted by atomic mass is 19.1. The third-order valence-electron chi connectivity index (χ3n) is 5.65. The Kier molecular flexibility index (Phi) is 5.86. The van der Waals surface area contributed by atoms with Gasteiger partial charge in [-0.3, -0.25) is 9.59 Å². The van der Waals surface area contributed by atoms with Gasteiger partial charge >= 0.3 is 5.82 Å². The van der Waals surface area contributed by atoms with Gasteiger partial charge in [0.1, 0.15) is 11.4 Å². The molecule has 3 heterocycles. The van der Waals surface area contributed by atoms with Crippen molar-refractivity contribution < 1.29 is 18.9 Å². The minimum Gasteiger partial charge on any atom is -0.361 e. The van der Waals surface area contributed by atoms with E-state index in [-0.39, 0.29) is 17.4 Å². The molecule has 0 bridgehead atoms. The largest absolute Gasteiger partial charge is 0.361 e. The third-order valence-corrected chi connectivity index (χ3v) is 5.65. The number of rotatable bonds is 7. The summed E-state index contributed by atoms with van der Waals surface area (Å²) < 4.78 is 13.6. The zero-order chi connectivity index (χ0) is 22.7. The predicted octanol–water partition coefficient (Wildman–Crippen LogP) is 1.15. The lowest BCUT2D eigenvalue weighted by atomic mass is 9.87. The molecule has 1 aromatic carbocycles. The number of halogens is 1. The first-order valence-corrected chi connectivity index (χ1v) is 10.1. The monoisotopic (exact) mass is 443 g/mol. The Labute approximate surface area is 181 Å². The van der Waals surface area contributed by atoms with Crippen LogP contribution in [0.15, 0.2) is 30.5 Å². The number of carbonyl (C=O) groups is 2. The summed E-state index contributed by atoms with van der Waals surface area (Å²) in [6.07, 6.45) is 2.97. The zero-order valence-corrected chi connectivity index (χ0v) is 17.0. The number of nitro groups is 1. The number of nitrogens with zero attached hydrogens (tertiary/aromatic N) is 2. The average Bonchev–Trinajstić information content (AvgIpc) is 3.42. The standard InChI is InChI=1S/C20H22FN7O4/c21-13-1-2-15-14(9-13)12(11-24-15)3-6-23-19(30)20(4-7-22-8-5-20)25-18(29)16-10-17(27-26-16)28(31)32/h1-2,9-11,22,24H,3-8H2,(H,23,30)(H,25,29)(H,26,27). The van der Waals surface area contributed by atoms with Gasteiger partial charge in [-0.25, -0.2) is 4.39 Å². The molecule has 1 saturated heterocycles. The molecule has 5 N–H and O–H groups in total. The molecule has 0 atom stereocenters. The second-order valence-corrected chi connectivity index (χ2v) is 7.69. The number of fused-ring (bicyclic) bond motifs is 1. The number of aromatic nitrogens is 3. The normalized spacial score (nSPS) is 15.4. The van der Waals surface area contributed by atoms with E-state index in [1.165, 1.54) is 12.1 Å². The summed E-state index contributed by atoms with van der Waals surface area (Å²) in [5.74, 6) is -1.76. The van der Waals surface area contributed by atoms with Crippen LogP contribution in [0, 0.1) is 15.9 Å².